The van der Waals surface area contributed by atoms with Crippen molar-refractivity contribution in [1.29, 1.82) is 21.2 Å². The number of hydrogen-bond acceptors (Lipinski definition) is 7. The van der Waals surface area contributed by atoms with Crippen LogP contribution >= 0.6 is 0 Å². The Hall–Kier alpha value is -4.60. The van der Waals surface area contributed by atoms with Gasteiger partial charge in [-0.25, -0.2) is 0 Å². The number of carbonyl (C=O) groups is 1. The Morgan fingerprint density at radius 3 is 2.52 bits per heavy atom. The molecule has 1 aromatic rings. The number of aliphatic carboxylic acids is 1. The lowest BCUT2D eigenvalue weighted by molar-refractivity contribution is -0.137. The van der Waals surface area contributed by atoms with Crippen LogP contribution in [0.1, 0.15) is 45.1 Å². The minimum Gasteiger partial charge on any atom is -0.486 e. The summed E-state index contributed by atoms with van der Waals surface area (Å²) in [4.78, 5) is 13.8. The molecule has 1 aliphatic rings. The lowest BCUT2D eigenvalue weighted by atomic mass is 9.94. The largest absolute Gasteiger partial charge is 0.486 e. The fourth-order valence-corrected chi connectivity index (χ4v) is 3.23. The third-order valence-electron chi connectivity index (χ3n) is 4.89. The van der Waals surface area contributed by atoms with E-state index in [1.807, 2.05) is 6.07 Å². The van der Waals surface area contributed by atoms with Gasteiger partial charge in [0.05, 0.1) is 6.61 Å². The van der Waals surface area contributed by atoms with Gasteiger partial charge in [-0.2, -0.15) is 15.8 Å². The molecule has 9 nitrogen and oxygen atoms in total. The molecule has 0 atom stereocenters. The van der Waals surface area contributed by atoms with E-state index in [-0.39, 0.29) is 29.0 Å². The zero-order valence-electron chi connectivity index (χ0n) is 18.3. The average molecular weight is 444 g/mol. The van der Waals surface area contributed by atoms with Crippen molar-refractivity contribution in [2.45, 2.75) is 45.1 Å². The summed E-state index contributed by atoms with van der Waals surface area (Å²) in [6.07, 6.45) is 5.42. The fourth-order valence-electron chi connectivity index (χ4n) is 3.23. The molecule has 9 heteroatoms. The van der Waals surface area contributed by atoms with Crippen molar-refractivity contribution in [3.05, 3.63) is 57.3 Å². The molecule has 0 saturated heterocycles. The molecule has 0 amide bonds. The molecule has 166 valence electrons. The van der Waals surface area contributed by atoms with E-state index in [4.69, 9.17) is 25.1 Å². The molecule has 0 aromatic heterocycles. The molecule has 0 spiro atoms. The first kappa shape index (κ1) is 24.7. The molecule has 1 aliphatic heterocycles. The summed E-state index contributed by atoms with van der Waals surface area (Å²) >= 11 is 0. The van der Waals surface area contributed by atoms with Gasteiger partial charge in [-0.3, -0.25) is 4.79 Å². The predicted molar refractivity (Wildman–Crippen MR) is 118 cm³/mol. The Morgan fingerprint density at radius 1 is 1.18 bits per heavy atom. The third kappa shape index (κ3) is 6.20. The van der Waals surface area contributed by atoms with Crippen molar-refractivity contribution < 1.29 is 19.4 Å². The fraction of sp³-hybridized carbons (Fsp3) is 0.333. The van der Waals surface area contributed by atoms with Crippen LogP contribution in [-0.2, 0) is 9.53 Å². The Kier molecular flexibility index (Phi) is 8.33. The highest BCUT2D eigenvalue weighted by Crippen LogP contribution is 2.40. The molecule has 0 fully saturated rings. The number of allylic oxidation sites excluding steroid dienone is 2. The number of diazo groups is 1. The normalized spacial score (nSPS) is 14.1. The van der Waals surface area contributed by atoms with Crippen molar-refractivity contribution in [3.8, 4) is 24.0 Å². The maximum Gasteiger partial charge on any atom is 0.426 e. The van der Waals surface area contributed by atoms with E-state index in [2.05, 4.69) is 4.98 Å². The molecule has 33 heavy (non-hydrogen) atoms. The highest BCUT2D eigenvalue weighted by Gasteiger charge is 2.38. The first-order valence-corrected chi connectivity index (χ1v) is 10.2. The number of rotatable bonds is 9. The van der Waals surface area contributed by atoms with Crippen molar-refractivity contribution in [3.63, 3.8) is 0 Å². The molecular weight excluding hydrogens is 422 g/mol. The summed E-state index contributed by atoms with van der Waals surface area (Å²) in [6, 6.07) is 10.5. The molecule has 0 radical (unpaired) electrons. The maximum atomic E-state index is 10.6. The highest BCUT2D eigenvalue weighted by atomic mass is 16.5. The van der Waals surface area contributed by atoms with E-state index in [1.165, 1.54) is 0 Å². The molecular formula is C24H22N5O4+. The molecule has 2 rings (SSSR count). The van der Waals surface area contributed by atoms with E-state index in [1.54, 1.807) is 56.3 Å². The van der Waals surface area contributed by atoms with E-state index < -0.39 is 11.6 Å². The minimum atomic E-state index is -0.925. The maximum absolute atomic E-state index is 10.6. The summed E-state index contributed by atoms with van der Waals surface area (Å²) in [5.74, 6) is -0.513. The van der Waals surface area contributed by atoms with Gasteiger partial charge in [-0.1, -0.05) is 12.2 Å². The second-order valence-electron chi connectivity index (χ2n) is 7.65. The van der Waals surface area contributed by atoms with Gasteiger partial charge >= 0.3 is 11.7 Å². The molecule has 1 aromatic carbocycles. The van der Waals surface area contributed by atoms with E-state index in [9.17, 15) is 15.4 Å². The Labute approximate surface area is 191 Å². The number of nitriles is 3. The number of nitrogens with zero attached hydrogens (tertiary/aromatic N) is 5. The van der Waals surface area contributed by atoms with E-state index in [0.717, 1.165) is 0 Å². The summed E-state index contributed by atoms with van der Waals surface area (Å²) in [7, 11) is 0. The van der Waals surface area contributed by atoms with Crippen LogP contribution in [0.2, 0.25) is 0 Å². The van der Waals surface area contributed by atoms with Crippen LogP contribution < -0.4 is 4.74 Å². The average Bonchev–Trinajstić information content (AvgIpc) is 3.04. The molecule has 0 aliphatic carbocycles. The monoisotopic (exact) mass is 444 g/mol. The van der Waals surface area contributed by atoms with Gasteiger partial charge in [-0.15, -0.1) is 0 Å². The number of carboxylic acids is 1. The zero-order chi connectivity index (χ0) is 24.4. The Morgan fingerprint density at radius 2 is 1.91 bits per heavy atom. The quantitative estimate of drug-likeness (QED) is 0.312. The van der Waals surface area contributed by atoms with Crippen LogP contribution in [0.5, 0.6) is 5.75 Å². The Balaban J connectivity index is 2.25. The van der Waals surface area contributed by atoms with E-state index in [0.29, 0.717) is 42.8 Å². The SMILES string of the molecule is CC1(C)OC(=C(C#N)C#N)C(C#N)=C1/C=C/c1ccc([N+]#N)c(OCCCCCC(=O)O)c1. The van der Waals surface area contributed by atoms with Gasteiger partial charge in [0.1, 0.15) is 29.4 Å². The molecule has 1 heterocycles. The second kappa shape index (κ2) is 11.1. The van der Waals surface area contributed by atoms with Crippen LogP contribution in [0.3, 0.4) is 0 Å². The number of benzene rings is 1. The summed E-state index contributed by atoms with van der Waals surface area (Å²) in [5.41, 5.74) is 0.384. The van der Waals surface area contributed by atoms with Crippen LogP contribution in [0.15, 0.2) is 46.8 Å². The predicted octanol–water partition coefficient (Wildman–Crippen LogP) is 5.14. The van der Waals surface area contributed by atoms with E-state index >= 15 is 0 Å². The van der Waals surface area contributed by atoms with Crippen LogP contribution in [0.4, 0.5) is 5.69 Å². The van der Waals surface area contributed by atoms with Crippen molar-refractivity contribution in [2.24, 2.45) is 0 Å². The van der Waals surface area contributed by atoms with Crippen LogP contribution in [-0.4, -0.2) is 23.3 Å². The summed E-state index contributed by atoms with van der Waals surface area (Å²) < 4.78 is 11.4. The standard InChI is InChI=1S/C24H21N5O4/c1-24(2)19(18(15-27)23(33-24)17(13-25)14-26)9-7-16-8-10-20(29-28)21(12-16)32-11-5-3-4-6-22(30)31/h7-10,12H,3-6,11H2,1-2H3/p+1/b9-7+. The minimum absolute atomic E-state index is 0.0338. The molecule has 0 saturated carbocycles. The van der Waals surface area contributed by atoms with Crippen molar-refractivity contribution in [1.82, 2.24) is 0 Å². The van der Waals surface area contributed by atoms with Gasteiger partial charge in [0, 0.05) is 18.1 Å². The van der Waals surface area contributed by atoms with Crippen LogP contribution in [0.25, 0.3) is 11.1 Å². The summed E-state index contributed by atoms with van der Waals surface area (Å²) in [6.45, 7) is 3.80. The Bertz CT molecular complexity index is 1180. The molecule has 0 bridgehead atoms. The van der Waals surface area contributed by atoms with Crippen LogP contribution in [0, 0.1) is 39.4 Å². The zero-order valence-corrected chi connectivity index (χ0v) is 18.3. The lowest BCUT2D eigenvalue weighted by Gasteiger charge is -2.20. The molecule has 1 N–H and O–H groups in total. The number of carboxylic acid groups (broad SMARTS) is 1. The topological polar surface area (TPSA) is 155 Å². The van der Waals surface area contributed by atoms with Gasteiger partial charge in [0.25, 0.3) is 0 Å². The number of ether oxygens (including phenoxy) is 2. The summed E-state index contributed by atoms with van der Waals surface area (Å²) in [5, 5.41) is 45.8. The van der Waals surface area contributed by atoms with Gasteiger partial charge < -0.3 is 14.6 Å². The third-order valence-corrected chi connectivity index (χ3v) is 4.89. The van der Waals surface area contributed by atoms with Crippen molar-refractivity contribution >= 4 is 17.7 Å². The lowest BCUT2D eigenvalue weighted by Crippen LogP contribution is -2.20. The first-order chi connectivity index (χ1) is 15.8. The van der Waals surface area contributed by atoms with Gasteiger partial charge in [0.15, 0.2) is 16.3 Å². The molecule has 0 unspecified atom stereocenters. The smallest absolute Gasteiger partial charge is 0.426 e. The van der Waals surface area contributed by atoms with Gasteiger partial charge in [-0.05, 0) is 50.8 Å². The number of unbranched alkanes of at least 4 members (excludes halogenated alkanes) is 2. The van der Waals surface area contributed by atoms with Crippen molar-refractivity contribution in [2.75, 3.05) is 6.61 Å². The second-order valence-corrected chi connectivity index (χ2v) is 7.65. The number of hydrogen-bond donors (Lipinski definition) is 1. The first-order valence-electron chi connectivity index (χ1n) is 10.2. The highest BCUT2D eigenvalue weighted by molar-refractivity contribution is 5.68. The van der Waals surface area contributed by atoms with Gasteiger partial charge in [0.2, 0.25) is 11.1 Å².